The number of unbranched alkanes of at least 4 members (excludes halogenated alkanes) is 8. The second-order valence-corrected chi connectivity index (χ2v) is 11.9. The van der Waals surface area contributed by atoms with Crippen LogP contribution in [0.25, 0.3) is 0 Å². The molecule has 4 heteroatoms. The van der Waals surface area contributed by atoms with Gasteiger partial charge in [-0.05, 0) is 12.8 Å². The van der Waals surface area contributed by atoms with Crippen LogP contribution in [-0.4, -0.2) is 14.3 Å². The average molecular weight is 351 g/mol. The second-order valence-electron chi connectivity index (χ2n) is 6.72. The molecule has 0 aromatic carbocycles. The van der Waals surface area contributed by atoms with Gasteiger partial charge in [0.05, 0.1) is 8.07 Å². The minimum atomic E-state index is -4.13. The van der Waals surface area contributed by atoms with E-state index >= 15 is 0 Å². The summed E-state index contributed by atoms with van der Waals surface area (Å²) in [5, 5.41) is -0.138. The molecule has 0 rings (SSSR count). The molecule has 0 aromatic rings. The number of rotatable bonds is 13. The third-order valence-corrected chi connectivity index (χ3v) is 11.0. The Labute approximate surface area is 142 Å². The van der Waals surface area contributed by atoms with Crippen molar-refractivity contribution in [2.45, 2.75) is 110 Å². The molecule has 0 aromatic heterocycles. The Morgan fingerprint density at radius 1 is 0.739 bits per heavy atom. The van der Waals surface area contributed by atoms with Crippen LogP contribution >= 0.6 is 0 Å². The fraction of sp³-hybridized carbons (Fsp3) is 0.895. The van der Waals surface area contributed by atoms with Crippen LogP contribution in [0.1, 0.15) is 85.5 Å². The van der Waals surface area contributed by atoms with Gasteiger partial charge in [-0.1, -0.05) is 96.8 Å². The number of hydrogen-bond donors (Lipinski definition) is 0. The van der Waals surface area contributed by atoms with Crippen molar-refractivity contribution in [2.24, 2.45) is 0 Å². The number of halogens is 3. The normalized spacial score (nSPS) is 13.6. The fourth-order valence-electron chi connectivity index (χ4n) is 3.48. The first kappa shape index (κ1) is 22.7. The van der Waals surface area contributed by atoms with Crippen LogP contribution in [0, 0.1) is 0 Å². The highest BCUT2D eigenvalue weighted by molar-refractivity contribution is 6.86. The van der Waals surface area contributed by atoms with Crippen LogP contribution in [0.15, 0.2) is 11.3 Å². The zero-order valence-corrected chi connectivity index (χ0v) is 16.7. The van der Waals surface area contributed by atoms with Gasteiger partial charge in [0.25, 0.3) is 0 Å². The van der Waals surface area contributed by atoms with E-state index < -0.39 is 14.3 Å². The van der Waals surface area contributed by atoms with E-state index in [1.807, 2.05) is 20.8 Å². The fourth-order valence-corrected chi connectivity index (χ4v) is 7.30. The molecule has 0 bridgehead atoms. The molecule has 0 aliphatic heterocycles. The minimum Gasteiger partial charge on any atom is -0.167 e. The van der Waals surface area contributed by atoms with Crippen molar-refractivity contribution < 1.29 is 13.2 Å². The van der Waals surface area contributed by atoms with E-state index in [-0.39, 0.29) is 5.20 Å². The molecule has 0 fully saturated rings. The van der Waals surface area contributed by atoms with Crippen LogP contribution in [0.4, 0.5) is 13.2 Å². The summed E-state index contributed by atoms with van der Waals surface area (Å²) >= 11 is 0. The Morgan fingerprint density at radius 2 is 1.17 bits per heavy atom. The molecular formula is C19H37F3Si. The van der Waals surface area contributed by atoms with Gasteiger partial charge in [0.1, 0.15) is 0 Å². The Hall–Kier alpha value is -0.253. The monoisotopic (exact) mass is 350 g/mol. The van der Waals surface area contributed by atoms with Gasteiger partial charge in [-0.25, -0.2) is 0 Å². The maximum atomic E-state index is 13.5. The van der Waals surface area contributed by atoms with E-state index in [0.29, 0.717) is 24.6 Å². The summed E-state index contributed by atoms with van der Waals surface area (Å²) in [7, 11) is -2.34. The molecule has 0 saturated heterocycles. The molecule has 138 valence electrons. The van der Waals surface area contributed by atoms with Crippen molar-refractivity contribution >= 4 is 8.07 Å². The molecule has 0 atom stereocenters. The van der Waals surface area contributed by atoms with Crippen molar-refractivity contribution in [3.8, 4) is 0 Å². The third-order valence-electron chi connectivity index (χ3n) is 5.31. The first-order chi connectivity index (χ1) is 10.9. The van der Waals surface area contributed by atoms with Gasteiger partial charge in [-0.15, -0.1) is 0 Å². The summed E-state index contributed by atoms with van der Waals surface area (Å²) in [5.74, 6) is 0. The Bertz CT molecular complexity index is 309. The Balaban J connectivity index is 4.41. The Kier molecular flexibility index (Phi) is 12.0. The van der Waals surface area contributed by atoms with Gasteiger partial charge in [0.2, 0.25) is 0 Å². The van der Waals surface area contributed by atoms with Gasteiger partial charge < -0.3 is 0 Å². The van der Waals surface area contributed by atoms with Gasteiger partial charge >= 0.3 is 6.18 Å². The minimum absolute atomic E-state index is 0.138. The summed E-state index contributed by atoms with van der Waals surface area (Å²) in [4.78, 5) is 0. The topological polar surface area (TPSA) is 0 Å². The predicted molar refractivity (Wildman–Crippen MR) is 98.6 cm³/mol. The second kappa shape index (κ2) is 12.2. The molecule has 0 nitrogen and oxygen atoms in total. The van der Waals surface area contributed by atoms with E-state index in [0.717, 1.165) is 19.3 Å². The van der Waals surface area contributed by atoms with Gasteiger partial charge in [-0.2, -0.15) is 13.2 Å². The average Bonchev–Trinajstić information content (AvgIpc) is 2.52. The first-order valence-electron chi connectivity index (χ1n) is 9.65. The summed E-state index contributed by atoms with van der Waals surface area (Å²) in [6, 6.07) is 2.09. The van der Waals surface area contributed by atoms with Crippen molar-refractivity contribution in [1.29, 1.82) is 0 Å². The zero-order valence-electron chi connectivity index (χ0n) is 15.7. The maximum absolute atomic E-state index is 13.5. The van der Waals surface area contributed by atoms with Crippen molar-refractivity contribution in [1.82, 2.24) is 0 Å². The van der Waals surface area contributed by atoms with E-state index in [2.05, 4.69) is 6.92 Å². The predicted octanol–water partition coefficient (Wildman–Crippen LogP) is 8.05. The highest BCUT2D eigenvalue weighted by Crippen LogP contribution is 2.39. The van der Waals surface area contributed by atoms with Crippen LogP contribution in [0.3, 0.4) is 0 Å². The summed E-state index contributed by atoms with van der Waals surface area (Å²) in [6.07, 6.45) is 7.50. The van der Waals surface area contributed by atoms with Crippen LogP contribution in [-0.2, 0) is 0 Å². The smallest absolute Gasteiger partial charge is 0.167 e. The SMILES string of the molecule is CCCCCCCCCC/C=C(\C(F)(F)F)[Si](CC)(CC)CC. The quantitative estimate of drug-likeness (QED) is 0.233. The van der Waals surface area contributed by atoms with E-state index in [9.17, 15) is 13.2 Å². The lowest BCUT2D eigenvalue weighted by molar-refractivity contribution is -0.0861. The van der Waals surface area contributed by atoms with Crippen molar-refractivity contribution in [3.05, 3.63) is 11.3 Å². The summed E-state index contributed by atoms with van der Waals surface area (Å²) in [5.41, 5.74) is 0. The van der Waals surface area contributed by atoms with Crippen LogP contribution < -0.4 is 0 Å². The summed E-state index contributed by atoms with van der Waals surface area (Å²) in [6.45, 7) is 8.02. The van der Waals surface area contributed by atoms with Crippen molar-refractivity contribution in [3.63, 3.8) is 0 Å². The van der Waals surface area contributed by atoms with Crippen LogP contribution in [0.5, 0.6) is 0 Å². The highest BCUT2D eigenvalue weighted by Gasteiger charge is 2.46. The Morgan fingerprint density at radius 3 is 1.57 bits per heavy atom. The van der Waals surface area contributed by atoms with Crippen LogP contribution in [0.2, 0.25) is 18.1 Å². The van der Waals surface area contributed by atoms with E-state index in [4.69, 9.17) is 0 Å². The molecule has 0 aliphatic rings. The number of alkyl halides is 3. The molecule has 0 radical (unpaired) electrons. The lowest BCUT2D eigenvalue weighted by Gasteiger charge is -2.32. The van der Waals surface area contributed by atoms with Gasteiger partial charge in [-0.3, -0.25) is 0 Å². The van der Waals surface area contributed by atoms with Gasteiger partial charge in [0, 0.05) is 5.20 Å². The molecule has 0 heterocycles. The van der Waals surface area contributed by atoms with Gasteiger partial charge in [0.15, 0.2) is 0 Å². The zero-order chi connectivity index (χ0) is 17.8. The molecule has 0 amide bonds. The lowest BCUT2D eigenvalue weighted by atomic mass is 10.1. The molecule has 23 heavy (non-hydrogen) atoms. The number of hydrogen-bond acceptors (Lipinski definition) is 0. The van der Waals surface area contributed by atoms with E-state index in [1.54, 1.807) is 6.08 Å². The summed E-state index contributed by atoms with van der Waals surface area (Å²) < 4.78 is 40.5. The largest absolute Gasteiger partial charge is 0.408 e. The molecule has 0 saturated carbocycles. The molecule has 0 N–H and O–H groups in total. The maximum Gasteiger partial charge on any atom is 0.408 e. The molecular weight excluding hydrogens is 313 g/mol. The highest BCUT2D eigenvalue weighted by atomic mass is 28.3. The standard InChI is InChI=1S/C19H37F3Si/c1-5-9-10-11-12-13-14-15-16-17-18(19(20,21)22)23(6-2,7-3)8-4/h17H,5-16H2,1-4H3/b18-17+. The molecule has 0 unspecified atom stereocenters. The van der Waals surface area contributed by atoms with Crippen molar-refractivity contribution in [2.75, 3.05) is 0 Å². The number of allylic oxidation sites excluding steroid dienone is 2. The van der Waals surface area contributed by atoms with E-state index in [1.165, 1.54) is 32.1 Å². The lowest BCUT2D eigenvalue weighted by Crippen LogP contribution is -2.41. The third kappa shape index (κ3) is 8.41. The molecule has 0 aliphatic carbocycles. The molecule has 0 spiro atoms. The first-order valence-corrected chi connectivity index (χ1v) is 12.3.